The van der Waals surface area contributed by atoms with Gasteiger partial charge in [-0.2, -0.15) is 0 Å². The molecule has 154 valence electrons. The fraction of sp³-hybridized carbons (Fsp3) is 0.750. The molecule has 0 heterocycles. The number of hydrogen-bond donors (Lipinski definition) is 0. The van der Waals surface area contributed by atoms with Gasteiger partial charge in [0.25, 0.3) is 0 Å². The minimum absolute atomic E-state index is 0. The summed E-state index contributed by atoms with van der Waals surface area (Å²) in [7, 11) is -1.20. The van der Waals surface area contributed by atoms with Gasteiger partial charge in [-0.05, 0) is 40.0 Å². The van der Waals surface area contributed by atoms with Crippen molar-refractivity contribution in [3.05, 3.63) is 0 Å². The van der Waals surface area contributed by atoms with E-state index in [4.69, 9.17) is 32.7 Å². The molecule has 0 spiro atoms. The maximum atomic E-state index is 8.00. The van der Waals surface area contributed by atoms with Gasteiger partial charge in [-0.3, -0.25) is 0 Å². The van der Waals surface area contributed by atoms with Gasteiger partial charge in [-0.15, -0.1) is 0 Å². The topological polar surface area (TPSA) is 96.0 Å². The van der Waals surface area contributed by atoms with Crippen LogP contribution in [0.25, 0.3) is 0 Å². The zero-order valence-electron chi connectivity index (χ0n) is 16.3. The minimum Gasteiger partial charge on any atom is -0.309 e. The van der Waals surface area contributed by atoms with Gasteiger partial charge in [-0.1, -0.05) is 20.8 Å². The summed E-state index contributed by atoms with van der Waals surface area (Å²) < 4.78 is 17.3. The molecule has 7 nitrogen and oxygen atoms in total. The third-order valence-corrected chi connectivity index (χ3v) is 4.12. The van der Waals surface area contributed by atoms with E-state index in [0.717, 1.165) is 19.3 Å². The Morgan fingerprint density at radius 2 is 0.760 bits per heavy atom. The molecule has 0 N–H and O–H groups in total. The minimum atomic E-state index is -1.20. The van der Waals surface area contributed by atoms with Gasteiger partial charge in [0.05, 0.1) is 18.3 Å². The second-order valence-electron chi connectivity index (χ2n) is 4.20. The molecule has 0 rings (SSSR count). The predicted octanol–water partition coefficient (Wildman–Crippen LogP) is 3.92. The Hall–Kier alpha value is -0.387. The first-order valence-corrected chi connectivity index (χ1v) is 8.58. The standard InChI is InChI=1S/C12H27O3P.4CH2O.Ru/c1-7-10(4)13-16(14-11(5)8-2)15-12(6)9-3;4*1-2;/h10-12H,7-9H2,1-6H3;4*1H2;. The molecule has 0 amide bonds. The first-order valence-electron chi connectivity index (χ1n) is 7.49. The van der Waals surface area contributed by atoms with E-state index in [1.807, 2.05) is 27.2 Å². The zero-order chi connectivity index (χ0) is 20.6. The molecule has 0 aliphatic rings. The first-order chi connectivity index (χ1) is 11.5. The van der Waals surface area contributed by atoms with Crippen molar-refractivity contribution in [2.45, 2.75) is 79.1 Å². The number of carbonyl (C=O) groups excluding carboxylic acids is 4. The number of hydrogen-bond acceptors (Lipinski definition) is 7. The van der Waals surface area contributed by atoms with E-state index in [2.05, 4.69) is 41.5 Å². The Balaban J connectivity index is -0.0000000874. The molecule has 0 saturated carbocycles. The van der Waals surface area contributed by atoms with Crippen LogP contribution in [0.2, 0.25) is 0 Å². The molecule has 3 unspecified atom stereocenters. The smallest absolute Gasteiger partial charge is 0.309 e. The molecule has 0 bridgehead atoms. The monoisotopic (exact) mass is 472 g/mol. The van der Waals surface area contributed by atoms with Crippen molar-refractivity contribution in [2.24, 2.45) is 0 Å². The SMILES string of the molecule is C=O.C=O.C=O.C=O.CCC(C)OP(OC(C)CC)OC(C)CC.[Ru]. The van der Waals surface area contributed by atoms with Crippen LogP contribution < -0.4 is 0 Å². The molecule has 0 fully saturated rings. The summed E-state index contributed by atoms with van der Waals surface area (Å²) in [6, 6.07) is 0. The fourth-order valence-electron chi connectivity index (χ4n) is 0.739. The first kappa shape index (κ1) is 39.6. The van der Waals surface area contributed by atoms with E-state index in [0.29, 0.717) is 0 Å². The predicted molar refractivity (Wildman–Crippen MR) is 97.9 cm³/mol. The quantitative estimate of drug-likeness (QED) is 0.372. The van der Waals surface area contributed by atoms with E-state index < -0.39 is 8.60 Å². The molecular weight excluding hydrogens is 436 g/mol. The van der Waals surface area contributed by atoms with E-state index in [1.165, 1.54) is 0 Å². The largest absolute Gasteiger partial charge is 0.333 e. The summed E-state index contributed by atoms with van der Waals surface area (Å²) in [6.45, 7) is 20.5. The van der Waals surface area contributed by atoms with Gasteiger partial charge in [-0.25, -0.2) is 0 Å². The van der Waals surface area contributed by atoms with Gasteiger partial charge < -0.3 is 32.7 Å². The molecule has 0 aromatic carbocycles. The normalized spacial score (nSPS) is 12.9. The Labute approximate surface area is 167 Å². The van der Waals surface area contributed by atoms with E-state index >= 15 is 0 Å². The summed E-state index contributed by atoms with van der Waals surface area (Å²) in [4.78, 5) is 32.0. The fourth-order valence-corrected chi connectivity index (χ4v) is 2.22. The molecular formula is C16H35O7PRu. The van der Waals surface area contributed by atoms with Gasteiger partial charge in [0.2, 0.25) is 0 Å². The maximum absolute atomic E-state index is 8.00. The summed E-state index contributed by atoms with van der Waals surface area (Å²) in [5, 5.41) is 0. The molecule has 0 saturated heterocycles. The number of rotatable bonds is 9. The molecule has 9 heteroatoms. The molecule has 0 aliphatic carbocycles. The van der Waals surface area contributed by atoms with Crippen LogP contribution in [-0.2, 0) is 52.2 Å². The Morgan fingerprint density at radius 1 is 0.600 bits per heavy atom. The zero-order valence-corrected chi connectivity index (χ0v) is 19.0. The van der Waals surface area contributed by atoms with Crippen molar-refractivity contribution < 1.29 is 52.2 Å². The number of carbonyl (C=O) groups is 4. The second kappa shape index (κ2) is 38.9. The molecule has 0 radical (unpaired) electrons. The van der Waals surface area contributed by atoms with Crippen LogP contribution in [0.3, 0.4) is 0 Å². The second-order valence-corrected chi connectivity index (χ2v) is 5.28. The van der Waals surface area contributed by atoms with E-state index in [-0.39, 0.29) is 37.8 Å². The van der Waals surface area contributed by atoms with Gasteiger partial charge >= 0.3 is 8.60 Å². The molecule has 0 aromatic rings. The van der Waals surface area contributed by atoms with Gasteiger partial charge in [0, 0.05) is 19.5 Å². The molecule has 3 atom stereocenters. The van der Waals surface area contributed by atoms with Crippen molar-refractivity contribution in [3.8, 4) is 0 Å². The Bertz CT molecular complexity index is 192. The van der Waals surface area contributed by atoms with Crippen molar-refractivity contribution >= 4 is 35.8 Å². The Kier molecular flexibility index (Phi) is 61.7. The summed E-state index contributed by atoms with van der Waals surface area (Å²) in [6.07, 6.45) is 3.52. The molecule has 25 heavy (non-hydrogen) atoms. The van der Waals surface area contributed by atoms with Crippen molar-refractivity contribution in [3.63, 3.8) is 0 Å². The summed E-state index contributed by atoms with van der Waals surface area (Å²) >= 11 is 0. The molecule has 0 aliphatic heterocycles. The average Bonchev–Trinajstić information content (AvgIpc) is 2.67. The van der Waals surface area contributed by atoms with Crippen LogP contribution >= 0.6 is 8.60 Å². The van der Waals surface area contributed by atoms with Crippen LogP contribution in [0.15, 0.2) is 0 Å². The van der Waals surface area contributed by atoms with Crippen molar-refractivity contribution in [2.75, 3.05) is 0 Å². The van der Waals surface area contributed by atoms with Crippen LogP contribution in [0, 0.1) is 0 Å². The third kappa shape index (κ3) is 35.6. The van der Waals surface area contributed by atoms with Gasteiger partial charge in [0.15, 0.2) is 0 Å². The summed E-state index contributed by atoms with van der Waals surface area (Å²) in [5.41, 5.74) is 0. The molecule has 0 aromatic heterocycles. The van der Waals surface area contributed by atoms with E-state index in [9.17, 15) is 0 Å². The summed E-state index contributed by atoms with van der Waals surface area (Å²) in [5.74, 6) is 0. The van der Waals surface area contributed by atoms with Crippen LogP contribution in [-0.4, -0.2) is 45.5 Å². The third-order valence-electron chi connectivity index (χ3n) is 2.52. The van der Waals surface area contributed by atoms with E-state index in [1.54, 1.807) is 0 Å². The average molecular weight is 471 g/mol. The van der Waals surface area contributed by atoms with Crippen LogP contribution in [0.4, 0.5) is 0 Å². The van der Waals surface area contributed by atoms with Crippen molar-refractivity contribution in [1.29, 1.82) is 0 Å². The maximum Gasteiger partial charge on any atom is 0.333 e. The van der Waals surface area contributed by atoms with Crippen molar-refractivity contribution in [1.82, 2.24) is 0 Å². The van der Waals surface area contributed by atoms with Crippen LogP contribution in [0.5, 0.6) is 0 Å². The van der Waals surface area contributed by atoms with Gasteiger partial charge in [0.1, 0.15) is 27.2 Å². The van der Waals surface area contributed by atoms with Crippen LogP contribution in [0.1, 0.15) is 60.8 Å². The Morgan fingerprint density at radius 3 is 0.880 bits per heavy atom.